The van der Waals surface area contributed by atoms with E-state index in [0.717, 1.165) is 41.5 Å². The first-order chi connectivity index (χ1) is 15.2. The Kier molecular flexibility index (Phi) is 5.67. The highest BCUT2D eigenvalue weighted by Crippen LogP contribution is 2.31. The molecule has 1 aliphatic rings. The van der Waals surface area contributed by atoms with Crippen molar-refractivity contribution < 1.29 is 4.79 Å². The summed E-state index contributed by atoms with van der Waals surface area (Å²) in [4.78, 5) is 18.1. The van der Waals surface area contributed by atoms with Gasteiger partial charge in [-0.1, -0.05) is 28.9 Å². The van der Waals surface area contributed by atoms with Gasteiger partial charge in [-0.05, 0) is 54.6 Å². The number of amides is 1. The number of thiophene rings is 1. The number of halogens is 1. The molecule has 1 aromatic carbocycles. The van der Waals surface area contributed by atoms with E-state index < -0.39 is 0 Å². The van der Waals surface area contributed by atoms with Crippen molar-refractivity contribution in [2.75, 3.05) is 18.4 Å². The Bertz CT molecular complexity index is 1220. The van der Waals surface area contributed by atoms with Gasteiger partial charge in [0.1, 0.15) is 11.3 Å². The minimum absolute atomic E-state index is 0.0124. The monoisotopic (exact) mass is 452 g/mol. The van der Waals surface area contributed by atoms with E-state index in [1.165, 1.54) is 4.88 Å². The molecule has 1 atom stereocenters. The quantitative estimate of drug-likeness (QED) is 0.474. The maximum Gasteiger partial charge on any atom is 0.229 e. The molecule has 1 amide bonds. The van der Waals surface area contributed by atoms with Crippen LogP contribution in [-0.2, 0) is 11.3 Å². The highest BCUT2D eigenvalue weighted by molar-refractivity contribution is 7.09. The lowest BCUT2D eigenvalue weighted by molar-refractivity contribution is -0.120. The van der Waals surface area contributed by atoms with Crippen LogP contribution >= 0.6 is 22.9 Å². The van der Waals surface area contributed by atoms with Crippen molar-refractivity contribution in [2.45, 2.75) is 19.4 Å². The molecule has 4 heterocycles. The number of pyridine rings is 1. The molecule has 0 unspecified atom stereocenters. The molecule has 9 heteroatoms. The molecule has 31 heavy (non-hydrogen) atoms. The molecule has 0 bridgehead atoms. The van der Waals surface area contributed by atoms with Gasteiger partial charge >= 0.3 is 0 Å². The van der Waals surface area contributed by atoms with Gasteiger partial charge in [-0.3, -0.25) is 4.79 Å². The normalized spacial score (nSPS) is 16.5. The Morgan fingerprint density at radius 1 is 1.32 bits per heavy atom. The summed E-state index contributed by atoms with van der Waals surface area (Å²) in [5.74, 6) is 0.450. The molecule has 5 rings (SSSR count). The first-order valence-corrected chi connectivity index (χ1v) is 11.5. The van der Waals surface area contributed by atoms with E-state index >= 15 is 0 Å². The average Bonchev–Trinajstić information content (AvgIpc) is 3.46. The van der Waals surface area contributed by atoms with Gasteiger partial charge in [0.25, 0.3) is 0 Å². The predicted octanol–water partition coefficient (Wildman–Crippen LogP) is 4.19. The number of nitrogens with zero attached hydrogens (tertiary/aromatic N) is 4. The number of aromatic nitrogens is 4. The molecule has 1 aliphatic heterocycles. The van der Waals surface area contributed by atoms with E-state index in [9.17, 15) is 4.79 Å². The fourth-order valence-corrected chi connectivity index (χ4v) is 4.73. The third-order valence-electron chi connectivity index (χ3n) is 5.48. The zero-order valence-corrected chi connectivity index (χ0v) is 18.3. The van der Waals surface area contributed by atoms with E-state index in [-0.39, 0.29) is 11.8 Å². The molecule has 0 saturated carbocycles. The van der Waals surface area contributed by atoms with Crippen LogP contribution in [0.25, 0.3) is 22.2 Å². The molecule has 2 N–H and O–H groups in total. The van der Waals surface area contributed by atoms with Crippen LogP contribution in [0.2, 0.25) is 5.02 Å². The first-order valence-electron chi connectivity index (χ1n) is 10.2. The van der Waals surface area contributed by atoms with Gasteiger partial charge in [0.05, 0.1) is 23.0 Å². The van der Waals surface area contributed by atoms with Crippen molar-refractivity contribution in [2.24, 2.45) is 5.92 Å². The van der Waals surface area contributed by atoms with Crippen molar-refractivity contribution >= 4 is 45.7 Å². The van der Waals surface area contributed by atoms with Crippen molar-refractivity contribution in [3.63, 3.8) is 0 Å². The van der Waals surface area contributed by atoms with Crippen LogP contribution in [0, 0.1) is 5.92 Å². The number of fused-ring (bicyclic) bond motifs is 1. The van der Waals surface area contributed by atoms with Gasteiger partial charge in [-0.2, -0.15) is 0 Å². The predicted molar refractivity (Wildman–Crippen MR) is 123 cm³/mol. The molecule has 0 radical (unpaired) electrons. The summed E-state index contributed by atoms with van der Waals surface area (Å²) in [6.07, 6.45) is 3.47. The van der Waals surface area contributed by atoms with E-state index in [0.29, 0.717) is 23.9 Å². The molecule has 0 spiro atoms. The standard InChI is InChI=1S/C22H21ClN6OS/c23-18-12-25-21(26-22(30)15-3-1-7-24-11-15)10-17(18)14-5-6-19-20(9-14)29(28-27-19)13-16-4-2-8-31-16/h2,4-6,8-10,12,15,24H,1,3,7,11,13H2,(H,25,26,30)/t15-/m1/s1. The topological polar surface area (TPSA) is 84.7 Å². The second-order valence-corrected chi connectivity index (χ2v) is 9.05. The van der Waals surface area contributed by atoms with E-state index in [2.05, 4.69) is 37.4 Å². The second kappa shape index (κ2) is 8.74. The van der Waals surface area contributed by atoms with Crippen LogP contribution < -0.4 is 10.6 Å². The van der Waals surface area contributed by atoms with Gasteiger partial charge in [0, 0.05) is 23.2 Å². The smallest absolute Gasteiger partial charge is 0.229 e. The van der Waals surface area contributed by atoms with Crippen LogP contribution in [0.1, 0.15) is 17.7 Å². The van der Waals surface area contributed by atoms with Crippen LogP contribution in [0.4, 0.5) is 5.82 Å². The maximum absolute atomic E-state index is 12.6. The number of carbonyl (C=O) groups excluding carboxylic acids is 1. The third-order valence-corrected chi connectivity index (χ3v) is 6.65. The average molecular weight is 453 g/mol. The van der Waals surface area contributed by atoms with E-state index in [1.807, 2.05) is 35.0 Å². The molecular weight excluding hydrogens is 432 g/mol. The van der Waals surface area contributed by atoms with Gasteiger partial charge < -0.3 is 10.6 Å². The lowest BCUT2D eigenvalue weighted by Crippen LogP contribution is -2.37. The minimum atomic E-state index is -0.0382. The molecule has 158 valence electrons. The summed E-state index contributed by atoms with van der Waals surface area (Å²) >= 11 is 8.16. The zero-order chi connectivity index (χ0) is 21.2. The van der Waals surface area contributed by atoms with Gasteiger partial charge in [-0.15, -0.1) is 16.4 Å². The fourth-order valence-electron chi connectivity index (χ4n) is 3.83. The molecular formula is C22H21ClN6OS. The number of benzene rings is 1. The molecule has 3 aromatic heterocycles. The van der Waals surface area contributed by atoms with Gasteiger partial charge in [0.2, 0.25) is 5.91 Å². The van der Waals surface area contributed by atoms with E-state index in [1.54, 1.807) is 17.5 Å². The number of hydrogen-bond acceptors (Lipinski definition) is 6. The van der Waals surface area contributed by atoms with Crippen LogP contribution in [-0.4, -0.2) is 39.0 Å². The Morgan fingerprint density at radius 3 is 3.06 bits per heavy atom. The van der Waals surface area contributed by atoms with Crippen molar-refractivity contribution in [1.82, 2.24) is 25.3 Å². The van der Waals surface area contributed by atoms with Crippen molar-refractivity contribution in [3.8, 4) is 11.1 Å². The number of carbonyl (C=O) groups is 1. The van der Waals surface area contributed by atoms with Crippen molar-refractivity contribution in [1.29, 1.82) is 0 Å². The Balaban J connectivity index is 1.43. The summed E-state index contributed by atoms with van der Waals surface area (Å²) in [5, 5.41) is 17.4. The van der Waals surface area contributed by atoms with E-state index in [4.69, 9.17) is 11.6 Å². The summed E-state index contributed by atoms with van der Waals surface area (Å²) in [7, 11) is 0. The number of anilines is 1. The largest absolute Gasteiger partial charge is 0.316 e. The number of hydrogen-bond donors (Lipinski definition) is 2. The molecule has 4 aromatic rings. The first kappa shape index (κ1) is 20.1. The third kappa shape index (κ3) is 4.32. The number of nitrogens with one attached hydrogen (secondary N) is 2. The Hall–Kier alpha value is -2.81. The van der Waals surface area contributed by atoms with Crippen molar-refractivity contribution in [3.05, 3.63) is 57.9 Å². The fraction of sp³-hybridized carbons (Fsp3) is 0.273. The van der Waals surface area contributed by atoms with Gasteiger partial charge in [-0.25, -0.2) is 9.67 Å². The second-order valence-electron chi connectivity index (χ2n) is 7.61. The van der Waals surface area contributed by atoms with Crippen LogP contribution in [0.5, 0.6) is 0 Å². The lowest BCUT2D eigenvalue weighted by atomic mass is 9.99. The van der Waals surface area contributed by atoms with Crippen LogP contribution in [0.15, 0.2) is 48.0 Å². The molecule has 1 fully saturated rings. The highest BCUT2D eigenvalue weighted by Gasteiger charge is 2.21. The molecule has 0 aliphatic carbocycles. The summed E-state index contributed by atoms with van der Waals surface area (Å²) in [6, 6.07) is 11.9. The Morgan fingerprint density at radius 2 is 2.26 bits per heavy atom. The zero-order valence-electron chi connectivity index (χ0n) is 16.7. The highest BCUT2D eigenvalue weighted by atomic mass is 35.5. The molecule has 7 nitrogen and oxygen atoms in total. The van der Waals surface area contributed by atoms with Gasteiger partial charge in [0.15, 0.2) is 0 Å². The Labute approximate surface area is 188 Å². The minimum Gasteiger partial charge on any atom is -0.316 e. The molecule has 1 saturated heterocycles. The summed E-state index contributed by atoms with van der Waals surface area (Å²) < 4.78 is 1.89. The number of rotatable bonds is 5. The SMILES string of the molecule is O=C(Nc1cc(-c2ccc3nnn(Cc4cccs4)c3c2)c(Cl)cn1)[C@@H]1CCCNC1. The maximum atomic E-state index is 12.6. The summed E-state index contributed by atoms with van der Waals surface area (Å²) in [6.45, 7) is 2.33. The van der Waals surface area contributed by atoms with Crippen LogP contribution in [0.3, 0.4) is 0 Å². The number of piperidine rings is 1. The summed E-state index contributed by atoms with van der Waals surface area (Å²) in [5.41, 5.74) is 3.48. The lowest BCUT2D eigenvalue weighted by Gasteiger charge is -2.21.